The summed E-state index contributed by atoms with van der Waals surface area (Å²) >= 11 is 0. The number of aromatic nitrogens is 3. The summed E-state index contributed by atoms with van der Waals surface area (Å²) in [5, 5.41) is 7.65. The maximum Gasteiger partial charge on any atom is 0.270 e. The predicted octanol–water partition coefficient (Wildman–Crippen LogP) is 2.75. The van der Waals surface area contributed by atoms with Crippen LogP contribution in [0.4, 0.5) is 0 Å². The van der Waals surface area contributed by atoms with Crippen LogP contribution >= 0.6 is 0 Å². The van der Waals surface area contributed by atoms with Crippen LogP contribution in [0, 0.1) is 0 Å². The summed E-state index contributed by atoms with van der Waals surface area (Å²) in [5.41, 5.74) is 2.44. The van der Waals surface area contributed by atoms with E-state index in [9.17, 15) is 4.79 Å². The lowest BCUT2D eigenvalue weighted by Crippen LogP contribution is -2.51. The van der Waals surface area contributed by atoms with Crippen molar-refractivity contribution in [2.75, 3.05) is 0 Å². The van der Waals surface area contributed by atoms with Gasteiger partial charge >= 0.3 is 0 Å². The van der Waals surface area contributed by atoms with Gasteiger partial charge in [0.15, 0.2) is 0 Å². The molecular formula is C17H22N4O. The Kier molecular flexibility index (Phi) is 3.72. The van der Waals surface area contributed by atoms with Crippen molar-refractivity contribution in [3.05, 3.63) is 47.5 Å². The van der Waals surface area contributed by atoms with Gasteiger partial charge in [-0.25, -0.2) is 0 Å². The summed E-state index contributed by atoms with van der Waals surface area (Å²) in [4.78, 5) is 16.8. The van der Waals surface area contributed by atoms with Gasteiger partial charge < -0.3 is 5.32 Å². The molecule has 0 aliphatic heterocycles. The second-order valence-electron chi connectivity index (χ2n) is 6.36. The molecule has 1 fully saturated rings. The van der Waals surface area contributed by atoms with Crippen molar-refractivity contribution >= 4 is 5.91 Å². The smallest absolute Gasteiger partial charge is 0.270 e. The van der Waals surface area contributed by atoms with E-state index in [4.69, 9.17) is 0 Å². The SMILES string of the molecule is CC(C)c1cc(C(=O)NC2(c3ccncc3)CCC2)n(C)n1. The van der Waals surface area contributed by atoms with Gasteiger partial charge in [0.05, 0.1) is 11.2 Å². The molecule has 0 aromatic carbocycles. The number of amides is 1. The van der Waals surface area contributed by atoms with E-state index in [-0.39, 0.29) is 11.4 Å². The first-order chi connectivity index (χ1) is 10.5. The van der Waals surface area contributed by atoms with E-state index in [1.165, 1.54) is 0 Å². The van der Waals surface area contributed by atoms with E-state index in [0.717, 1.165) is 30.5 Å². The van der Waals surface area contributed by atoms with Gasteiger partial charge in [-0.1, -0.05) is 13.8 Å². The first-order valence-electron chi connectivity index (χ1n) is 7.79. The summed E-state index contributed by atoms with van der Waals surface area (Å²) in [6.45, 7) is 4.16. The van der Waals surface area contributed by atoms with Crippen LogP contribution in [0.5, 0.6) is 0 Å². The zero-order valence-electron chi connectivity index (χ0n) is 13.3. The van der Waals surface area contributed by atoms with E-state index in [1.54, 1.807) is 17.1 Å². The Morgan fingerprint density at radius 3 is 2.50 bits per heavy atom. The van der Waals surface area contributed by atoms with Crippen molar-refractivity contribution in [3.8, 4) is 0 Å². The van der Waals surface area contributed by atoms with Gasteiger partial charge in [0.1, 0.15) is 5.69 Å². The first-order valence-corrected chi connectivity index (χ1v) is 7.79. The fourth-order valence-corrected chi connectivity index (χ4v) is 2.95. The molecule has 5 nitrogen and oxygen atoms in total. The second-order valence-corrected chi connectivity index (χ2v) is 6.36. The van der Waals surface area contributed by atoms with Gasteiger partial charge in [-0.3, -0.25) is 14.5 Å². The lowest BCUT2D eigenvalue weighted by Gasteiger charge is -2.43. The Bertz CT molecular complexity index is 671. The number of hydrogen-bond donors (Lipinski definition) is 1. The number of nitrogens with one attached hydrogen (secondary N) is 1. The molecule has 1 saturated carbocycles. The molecule has 1 N–H and O–H groups in total. The Morgan fingerprint density at radius 2 is 2.00 bits per heavy atom. The highest BCUT2D eigenvalue weighted by atomic mass is 16.2. The average Bonchev–Trinajstić information content (AvgIpc) is 2.86. The van der Waals surface area contributed by atoms with Gasteiger partial charge in [0.25, 0.3) is 5.91 Å². The second kappa shape index (κ2) is 5.55. The zero-order valence-corrected chi connectivity index (χ0v) is 13.3. The largest absolute Gasteiger partial charge is 0.341 e. The Labute approximate surface area is 130 Å². The zero-order chi connectivity index (χ0) is 15.7. The van der Waals surface area contributed by atoms with Crippen molar-refractivity contribution in [3.63, 3.8) is 0 Å². The van der Waals surface area contributed by atoms with Crippen LogP contribution in [0.2, 0.25) is 0 Å². The average molecular weight is 298 g/mol. The van der Waals surface area contributed by atoms with Gasteiger partial charge in [0, 0.05) is 19.4 Å². The molecule has 5 heteroatoms. The Balaban J connectivity index is 1.84. The highest BCUT2D eigenvalue weighted by Crippen LogP contribution is 2.41. The number of nitrogens with zero attached hydrogens (tertiary/aromatic N) is 3. The van der Waals surface area contributed by atoms with E-state index in [1.807, 2.05) is 25.2 Å². The number of rotatable bonds is 4. The van der Waals surface area contributed by atoms with Crippen LogP contribution in [-0.4, -0.2) is 20.7 Å². The van der Waals surface area contributed by atoms with Crippen molar-refractivity contribution < 1.29 is 4.79 Å². The third kappa shape index (κ3) is 2.51. The topological polar surface area (TPSA) is 59.8 Å². The highest BCUT2D eigenvalue weighted by Gasteiger charge is 2.40. The van der Waals surface area contributed by atoms with Crippen LogP contribution in [0.25, 0.3) is 0 Å². The molecule has 0 spiro atoms. The summed E-state index contributed by atoms with van der Waals surface area (Å²) < 4.78 is 1.67. The Hall–Kier alpha value is -2.17. The van der Waals surface area contributed by atoms with Crippen molar-refractivity contribution in [1.82, 2.24) is 20.1 Å². The molecule has 0 unspecified atom stereocenters. The van der Waals surface area contributed by atoms with Crippen LogP contribution in [0.1, 0.15) is 60.8 Å². The van der Waals surface area contributed by atoms with Gasteiger partial charge in [-0.05, 0) is 48.9 Å². The number of carbonyl (C=O) groups is 1. The standard InChI is InChI=1S/C17H22N4O/c1-12(2)14-11-15(21(3)20-14)16(22)19-17(7-4-8-17)13-5-9-18-10-6-13/h5-6,9-12H,4,7-8H2,1-3H3,(H,19,22). The van der Waals surface area contributed by atoms with Gasteiger partial charge in [-0.15, -0.1) is 0 Å². The quantitative estimate of drug-likeness (QED) is 0.944. The fraction of sp³-hybridized carbons (Fsp3) is 0.471. The minimum atomic E-state index is -0.248. The first kappa shape index (κ1) is 14.8. The monoisotopic (exact) mass is 298 g/mol. The van der Waals surface area contributed by atoms with Crippen molar-refractivity contribution in [2.24, 2.45) is 7.05 Å². The fourth-order valence-electron chi connectivity index (χ4n) is 2.95. The van der Waals surface area contributed by atoms with Crippen LogP contribution in [0.3, 0.4) is 0 Å². The molecule has 2 heterocycles. The van der Waals surface area contributed by atoms with E-state index >= 15 is 0 Å². The van der Waals surface area contributed by atoms with E-state index in [0.29, 0.717) is 11.6 Å². The predicted molar refractivity (Wildman–Crippen MR) is 84.5 cm³/mol. The molecule has 1 aliphatic rings. The van der Waals surface area contributed by atoms with E-state index in [2.05, 4.69) is 29.2 Å². The number of hydrogen-bond acceptors (Lipinski definition) is 3. The molecule has 2 aromatic rings. The van der Waals surface area contributed by atoms with Crippen LogP contribution in [0.15, 0.2) is 30.6 Å². The Morgan fingerprint density at radius 1 is 1.32 bits per heavy atom. The molecule has 116 valence electrons. The number of aryl methyl sites for hydroxylation is 1. The summed E-state index contributed by atoms with van der Waals surface area (Å²) in [7, 11) is 1.82. The minimum absolute atomic E-state index is 0.0570. The molecule has 22 heavy (non-hydrogen) atoms. The summed E-state index contributed by atoms with van der Waals surface area (Å²) in [5.74, 6) is 0.254. The lowest BCUT2D eigenvalue weighted by atomic mass is 9.72. The normalized spacial score (nSPS) is 16.4. The van der Waals surface area contributed by atoms with Crippen LogP contribution in [-0.2, 0) is 12.6 Å². The number of carbonyl (C=O) groups excluding carboxylic acids is 1. The van der Waals surface area contributed by atoms with Crippen molar-refractivity contribution in [1.29, 1.82) is 0 Å². The molecule has 1 amide bonds. The molecule has 0 bridgehead atoms. The number of pyridine rings is 1. The van der Waals surface area contributed by atoms with Crippen molar-refractivity contribution in [2.45, 2.75) is 44.6 Å². The third-order valence-corrected chi connectivity index (χ3v) is 4.52. The molecule has 0 radical (unpaired) electrons. The molecule has 0 saturated heterocycles. The lowest BCUT2D eigenvalue weighted by molar-refractivity contribution is 0.0813. The highest BCUT2D eigenvalue weighted by molar-refractivity contribution is 5.93. The maximum absolute atomic E-state index is 12.7. The van der Waals surface area contributed by atoms with Gasteiger partial charge in [-0.2, -0.15) is 5.10 Å². The minimum Gasteiger partial charge on any atom is -0.341 e. The third-order valence-electron chi connectivity index (χ3n) is 4.52. The molecular weight excluding hydrogens is 276 g/mol. The maximum atomic E-state index is 12.7. The molecule has 3 rings (SSSR count). The summed E-state index contributed by atoms with van der Waals surface area (Å²) in [6, 6.07) is 5.86. The molecule has 2 aromatic heterocycles. The summed E-state index contributed by atoms with van der Waals surface area (Å²) in [6.07, 6.45) is 6.63. The molecule has 0 atom stereocenters. The molecule has 1 aliphatic carbocycles. The van der Waals surface area contributed by atoms with E-state index < -0.39 is 0 Å². The van der Waals surface area contributed by atoms with Crippen LogP contribution < -0.4 is 5.32 Å². The van der Waals surface area contributed by atoms with Gasteiger partial charge in [0.2, 0.25) is 0 Å².